The van der Waals surface area contributed by atoms with Gasteiger partial charge in [0.25, 0.3) is 0 Å². The lowest BCUT2D eigenvalue weighted by Crippen LogP contribution is -2.29. The Labute approximate surface area is 183 Å². The molecule has 0 radical (unpaired) electrons. The Morgan fingerprint density at radius 2 is 1.97 bits per heavy atom. The molecule has 0 fully saturated rings. The van der Waals surface area contributed by atoms with Crippen molar-refractivity contribution in [1.82, 2.24) is 5.32 Å². The highest BCUT2D eigenvalue weighted by Crippen LogP contribution is 2.41. The van der Waals surface area contributed by atoms with Crippen LogP contribution in [-0.4, -0.2) is 37.7 Å². The molecule has 1 aromatic rings. The Bertz CT molecular complexity index is 889. The number of anilines is 1. The van der Waals surface area contributed by atoms with E-state index in [-0.39, 0.29) is 25.1 Å². The summed E-state index contributed by atoms with van der Waals surface area (Å²) in [7, 11) is 1.56. The molecule has 0 spiro atoms. The minimum Gasteiger partial charge on any atom is -0.496 e. The zero-order valence-electron chi connectivity index (χ0n) is 19.1. The van der Waals surface area contributed by atoms with Crippen LogP contribution in [0.5, 0.6) is 5.75 Å². The summed E-state index contributed by atoms with van der Waals surface area (Å²) >= 11 is 0. The predicted molar refractivity (Wildman–Crippen MR) is 117 cm³/mol. The number of allylic oxidation sites excluding steroid dienone is 2. The quantitative estimate of drug-likeness (QED) is 0.451. The lowest BCUT2D eigenvalue weighted by Gasteiger charge is -2.20. The van der Waals surface area contributed by atoms with Crippen LogP contribution in [0.25, 0.3) is 0 Å². The van der Waals surface area contributed by atoms with Gasteiger partial charge in [-0.2, -0.15) is 0 Å². The normalized spacial score (nSPS) is 13.0. The summed E-state index contributed by atoms with van der Waals surface area (Å²) in [5.41, 5.74) is 3.97. The molecular weight excluding hydrogens is 400 g/mol. The van der Waals surface area contributed by atoms with Gasteiger partial charge >= 0.3 is 18.0 Å². The van der Waals surface area contributed by atoms with Crippen LogP contribution in [-0.2, 0) is 27.3 Å². The van der Waals surface area contributed by atoms with Gasteiger partial charge in [0.2, 0.25) is 0 Å². The van der Waals surface area contributed by atoms with E-state index in [1.807, 2.05) is 40.7 Å². The zero-order valence-corrected chi connectivity index (χ0v) is 19.1. The highest BCUT2D eigenvalue weighted by molar-refractivity contribution is 6.05. The van der Waals surface area contributed by atoms with Crippen molar-refractivity contribution >= 4 is 23.7 Å². The fourth-order valence-corrected chi connectivity index (χ4v) is 3.51. The fraction of sp³-hybridized carbons (Fsp3) is 0.522. The van der Waals surface area contributed by atoms with Gasteiger partial charge in [-0.15, -0.1) is 0 Å². The molecule has 1 aliphatic rings. The summed E-state index contributed by atoms with van der Waals surface area (Å²) in [6.07, 6.45) is 3.08. The lowest BCUT2D eigenvalue weighted by atomic mass is 9.93. The third-order valence-electron chi connectivity index (χ3n) is 5.00. The van der Waals surface area contributed by atoms with Crippen molar-refractivity contribution in [1.29, 1.82) is 0 Å². The topological polar surface area (TPSA) is 103 Å². The maximum Gasteiger partial charge on any atom is 0.341 e. The first-order valence-corrected chi connectivity index (χ1v) is 10.5. The van der Waals surface area contributed by atoms with Crippen molar-refractivity contribution in [3.05, 3.63) is 33.9 Å². The molecule has 0 unspecified atom stereocenters. The van der Waals surface area contributed by atoms with E-state index in [0.29, 0.717) is 42.0 Å². The summed E-state index contributed by atoms with van der Waals surface area (Å²) in [4.78, 5) is 36.5. The van der Waals surface area contributed by atoms with E-state index < -0.39 is 12.0 Å². The maximum atomic E-state index is 12.4. The molecule has 1 heterocycles. The molecule has 0 saturated carbocycles. The summed E-state index contributed by atoms with van der Waals surface area (Å²) in [6, 6.07) is -0.409. The molecule has 1 aromatic carbocycles. The average molecular weight is 433 g/mol. The third kappa shape index (κ3) is 5.99. The Balaban J connectivity index is 2.37. The number of methoxy groups -OCH3 is 1. The second-order valence-electron chi connectivity index (χ2n) is 7.72. The molecular formula is C23H32N2O6. The number of fused-ring (bicyclic) bond motifs is 1. The number of urea groups is 1. The Morgan fingerprint density at radius 3 is 2.58 bits per heavy atom. The van der Waals surface area contributed by atoms with Gasteiger partial charge in [-0.25, -0.2) is 9.59 Å². The largest absolute Gasteiger partial charge is 0.496 e. The van der Waals surface area contributed by atoms with Crippen LogP contribution in [0, 0.1) is 6.92 Å². The molecule has 0 aromatic heterocycles. The summed E-state index contributed by atoms with van der Waals surface area (Å²) in [5.74, 6) is -0.104. The number of hydrogen-bond donors (Lipinski definition) is 2. The molecule has 2 N–H and O–H groups in total. The van der Waals surface area contributed by atoms with E-state index in [9.17, 15) is 14.4 Å². The highest BCUT2D eigenvalue weighted by Gasteiger charge is 2.32. The van der Waals surface area contributed by atoms with Crippen LogP contribution >= 0.6 is 0 Å². The van der Waals surface area contributed by atoms with E-state index in [2.05, 4.69) is 10.6 Å². The maximum absolute atomic E-state index is 12.4. The van der Waals surface area contributed by atoms with Gasteiger partial charge in [0.05, 0.1) is 24.5 Å². The number of cyclic esters (lactones) is 1. The van der Waals surface area contributed by atoms with Crippen molar-refractivity contribution in [2.45, 2.75) is 66.6 Å². The number of esters is 2. The van der Waals surface area contributed by atoms with Crippen LogP contribution < -0.4 is 15.4 Å². The first kappa shape index (κ1) is 24.2. The van der Waals surface area contributed by atoms with Gasteiger partial charge in [-0.3, -0.25) is 4.79 Å². The van der Waals surface area contributed by atoms with Gasteiger partial charge < -0.3 is 24.8 Å². The van der Waals surface area contributed by atoms with E-state index in [4.69, 9.17) is 14.2 Å². The molecule has 8 heteroatoms. The Kier molecular flexibility index (Phi) is 8.47. The van der Waals surface area contributed by atoms with Crippen LogP contribution in [0.4, 0.5) is 10.5 Å². The molecule has 0 atom stereocenters. The number of carbonyl (C=O) groups is 3. The van der Waals surface area contributed by atoms with Gasteiger partial charge in [0.15, 0.2) is 0 Å². The Hall–Kier alpha value is -3.03. The number of benzene rings is 1. The number of rotatable bonds is 9. The van der Waals surface area contributed by atoms with Crippen molar-refractivity contribution in [2.75, 3.05) is 19.0 Å². The molecule has 2 rings (SSSR count). The van der Waals surface area contributed by atoms with Gasteiger partial charge in [0.1, 0.15) is 12.4 Å². The summed E-state index contributed by atoms with van der Waals surface area (Å²) in [6.45, 7) is 9.84. The van der Waals surface area contributed by atoms with Crippen molar-refractivity contribution in [3.8, 4) is 5.75 Å². The highest BCUT2D eigenvalue weighted by atomic mass is 16.5. The van der Waals surface area contributed by atoms with Crippen molar-refractivity contribution in [3.63, 3.8) is 0 Å². The molecule has 1 aliphatic heterocycles. The smallest absolute Gasteiger partial charge is 0.341 e. The Morgan fingerprint density at radius 1 is 1.26 bits per heavy atom. The second kappa shape index (κ2) is 10.8. The number of amides is 2. The summed E-state index contributed by atoms with van der Waals surface area (Å²) in [5, 5.41) is 5.49. The summed E-state index contributed by atoms with van der Waals surface area (Å²) < 4.78 is 16.1. The molecule has 2 amide bonds. The standard InChI is InChI=1S/C23H32N2O6/c1-7-24-23(28)25-20-16(10-8-14(4)9-11-18(26)31-13(2)3)21(29-6)15(5)17-12-30-22(27)19(17)20/h8,13H,7,9-12H2,1-6H3,(H2,24,25,28)/b14-8+. The van der Waals surface area contributed by atoms with Crippen LogP contribution in [0.2, 0.25) is 0 Å². The van der Waals surface area contributed by atoms with Crippen molar-refractivity contribution in [2.24, 2.45) is 0 Å². The van der Waals surface area contributed by atoms with Crippen LogP contribution in [0.1, 0.15) is 67.6 Å². The van der Waals surface area contributed by atoms with E-state index in [1.165, 1.54) is 0 Å². The van der Waals surface area contributed by atoms with E-state index in [0.717, 1.165) is 16.7 Å². The fourth-order valence-electron chi connectivity index (χ4n) is 3.51. The molecule has 0 bridgehead atoms. The third-order valence-corrected chi connectivity index (χ3v) is 5.00. The van der Waals surface area contributed by atoms with Gasteiger partial charge in [0, 0.05) is 24.1 Å². The second-order valence-corrected chi connectivity index (χ2v) is 7.72. The van der Waals surface area contributed by atoms with Crippen LogP contribution in [0.3, 0.4) is 0 Å². The molecule has 0 aliphatic carbocycles. The lowest BCUT2D eigenvalue weighted by molar-refractivity contribution is -0.147. The first-order valence-electron chi connectivity index (χ1n) is 10.5. The van der Waals surface area contributed by atoms with Gasteiger partial charge in [-0.05, 0) is 53.0 Å². The average Bonchev–Trinajstić information content (AvgIpc) is 3.08. The SMILES string of the molecule is CCNC(=O)Nc1c(C/C=C(\C)CCC(=O)OC(C)C)c(OC)c(C)c2c1C(=O)OC2. The van der Waals surface area contributed by atoms with E-state index >= 15 is 0 Å². The molecule has 170 valence electrons. The van der Waals surface area contributed by atoms with E-state index in [1.54, 1.807) is 7.11 Å². The predicted octanol–water partition coefficient (Wildman–Crippen LogP) is 4.04. The monoisotopic (exact) mass is 432 g/mol. The van der Waals surface area contributed by atoms with Crippen molar-refractivity contribution < 1.29 is 28.6 Å². The molecule has 8 nitrogen and oxygen atoms in total. The number of ether oxygens (including phenoxy) is 3. The first-order chi connectivity index (χ1) is 14.7. The number of nitrogens with one attached hydrogen (secondary N) is 2. The minimum atomic E-state index is -0.467. The van der Waals surface area contributed by atoms with Crippen LogP contribution in [0.15, 0.2) is 11.6 Å². The molecule has 0 saturated heterocycles. The molecule has 31 heavy (non-hydrogen) atoms. The van der Waals surface area contributed by atoms with Gasteiger partial charge in [-0.1, -0.05) is 11.6 Å². The number of carbonyl (C=O) groups excluding carboxylic acids is 3. The number of hydrogen-bond acceptors (Lipinski definition) is 6. The minimum absolute atomic E-state index is 0.141. The zero-order chi connectivity index (χ0) is 23.1.